The number of Topliss-reactive ketones (excluding diaryl/α,β-unsaturated/α-hetero) is 1. The highest BCUT2D eigenvalue weighted by Crippen LogP contribution is 2.37. The molecular weight excluding hydrogens is 468 g/mol. The van der Waals surface area contributed by atoms with E-state index < -0.39 is 8.32 Å². The molecule has 0 spiro atoms. The first kappa shape index (κ1) is 25.8. The minimum atomic E-state index is -1.82. The van der Waals surface area contributed by atoms with Crippen LogP contribution in [0.4, 0.5) is 0 Å². The van der Waals surface area contributed by atoms with E-state index in [0.717, 1.165) is 22.4 Å². The van der Waals surface area contributed by atoms with Crippen molar-refractivity contribution in [2.75, 3.05) is 12.9 Å². The van der Waals surface area contributed by atoms with Crippen LogP contribution in [-0.4, -0.2) is 37.2 Å². The molecule has 0 aliphatic carbocycles. The molecule has 4 nitrogen and oxygen atoms in total. The smallest absolute Gasteiger partial charge is 0.191 e. The van der Waals surface area contributed by atoms with E-state index in [0.29, 0.717) is 30.2 Å². The third kappa shape index (κ3) is 6.18. The van der Waals surface area contributed by atoms with Gasteiger partial charge in [0.15, 0.2) is 14.1 Å². The quantitative estimate of drug-likeness (QED) is 0.139. The minimum absolute atomic E-state index is 0.0401. The van der Waals surface area contributed by atoms with E-state index in [-0.39, 0.29) is 10.8 Å². The predicted molar refractivity (Wildman–Crippen MR) is 143 cm³/mol. The van der Waals surface area contributed by atoms with Gasteiger partial charge in [0.05, 0.1) is 0 Å². The number of ketones is 1. The Bertz CT molecular complexity index is 1090. The van der Waals surface area contributed by atoms with E-state index in [4.69, 9.17) is 16.0 Å². The molecule has 0 radical (unpaired) electrons. The Labute approximate surface area is 207 Å². The minimum Gasteiger partial charge on any atom is -0.417 e. The lowest BCUT2D eigenvalue weighted by atomic mass is 9.96. The highest BCUT2D eigenvalue weighted by atomic mass is 35.5. The molecule has 0 aliphatic heterocycles. The SMILES string of the molecule is CSc1ccc(-c2n[nH]c(C(=O)CCCO[Si](C)(C)C(C)(C)C)c2-c2ccc(Cl)cc2)cc1. The molecule has 1 heterocycles. The number of hydrogen-bond acceptors (Lipinski definition) is 4. The Hall–Kier alpha value is -1.86. The Morgan fingerprint density at radius 2 is 1.67 bits per heavy atom. The number of nitrogens with one attached hydrogen (secondary N) is 1. The number of aromatic nitrogens is 2. The molecule has 0 unspecified atom stereocenters. The molecule has 0 bridgehead atoms. The second kappa shape index (κ2) is 10.6. The van der Waals surface area contributed by atoms with Gasteiger partial charge >= 0.3 is 0 Å². The zero-order valence-electron chi connectivity index (χ0n) is 20.3. The molecule has 1 aromatic heterocycles. The molecule has 3 rings (SSSR count). The summed E-state index contributed by atoms with van der Waals surface area (Å²) in [4.78, 5) is 14.4. The van der Waals surface area contributed by atoms with Gasteiger partial charge in [0, 0.05) is 34.1 Å². The van der Waals surface area contributed by atoms with Crippen molar-refractivity contribution in [3.8, 4) is 22.4 Å². The van der Waals surface area contributed by atoms with Gasteiger partial charge in [-0.2, -0.15) is 5.10 Å². The van der Waals surface area contributed by atoms with Gasteiger partial charge in [-0.25, -0.2) is 0 Å². The van der Waals surface area contributed by atoms with Crippen molar-refractivity contribution in [2.45, 2.75) is 56.6 Å². The Kier molecular flexibility index (Phi) is 8.27. The van der Waals surface area contributed by atoms with Gasteiger partial charge < -0.3 is 4.43 Å². The van der Waals surface area contributed by atoms with Crippen molar-refractivity contribution < 1.29 is 9.22 Å². The topological polar surface area (TPSA) is 55.0 Å². The summed E-state index contributed by atoms with van der Waals surface area (Å²) in [7, 11) is -1.82. The lowest BCUT2D eigenvalue weighted by Crippen LogP contribution is -2.41. The van der Waals surface area contributed by atoms with Gasteiger partial charge in [-0.3, -0.25) is 9.89 Å². The first-order valence-electron chi connectivity index (χ1n) is 11.2. The summed E-state index contributed by atoms with van der Waals surface area (Å²) < 4.78 is 6.25. The lowest BCUT2D eigenvalue weighted by Gasteiger charge is -2.36. The summed E-state index contributed by atoms with van der Waals surface area (Å²) in [5.41, 5.74) is 4.01. The van der Waals surface area contributed by atoms with Crippen LogP contribution in [0.15, 0.2) is 53.4 Å². The van der Waals surface area contributed by atoms with Crippen LogP contribution in [0, 0.1) is 0 Å². The van der Waals surface area contributed by atoms with Crippen LogP contribution >= 0.6 is 23.4 Å². The van der Waals surface area contributed by atoms with E-state index in [2.05, 4.69) is 56.2 Å². The second-order valence-corrected chi connectivity index (χ2v) is 15.8. The number of carbonyl (C=O) groups is 1. The predicted octanol–water partition coefficient (Wildman–Crippen LogP) is 8.10. The van der Waals surface area contributed by atoms with E-state index in [1.54, 1.807) is 11.8 Å². The molecule has 33 heavy (non-hydrogen) atoms. The average Bonchev–Trinajstić information content (AvgIpc) is 3.21. The van der Waals surface area contributed by atoms with E-state index >= 15 is 0 Å². The van der Waals surface area contributed by atoms with Crippen LogP contribution < -0.4 is 0 Å². The van der Waals surface area contributed by atoms with Crippen molar-refractivity contribution in [3.63, 3.8) is 0 Å². The molecule has 2 aromatic carbocycles. The largest absolute Gasteiger partial charge is 0.417 e. The van der Waals surface area contributed by atoms with Crippen LogP contribution in [0.2, 0.25) is 23.2 Å². The highest BCUT2D eigenvalue weighted by Gasteiger charge is 2.36. The summed E-state index contributed by atoms with van der Waals surface area (Å²) in [5, 5.41) is 8.39. The fourth-order valence-corrected chi connectivity index (χ4v) is 4.92. The van der Waals surface area contributed by atoms with E-state index in [9.17, 15) is 4.79 Å². The number of nitrogens with zero attached hydrogens (tertiary/aromatic N) is 1. The molecule has 0 aliphatic rings. The molecule has 0 saturated heterocycles. The van der Waals surface area contributed by atoms with Gasteiger partial charge in [-0.1, -0.05) is 56.6 Å². The standard InChI is InChI=1S/C26H33ClN2O2SSi/c1-26(2,3)33(5,6)31-17-7-8-22(30)25-23(18-9-13-20(27)14-10-18)24(28-29-25)19-11-15-21(32-4)16-12-19/h9-16H,7-8,17H2,1-6H3,(H,28,29). The van der Waals surface area contributed by atoms with Crippen molar-refractivity contribution in [1.82, 2.24) is 10.2 Å². The molecule has 0 fully saturated rings. The van der Waals surface area contributed by atoms with Crippen molar-refractivity contribution in [1.29, 1.82) is 0 Å². The first-order chi connectivity index (χ1) is 15.5. The maximum absolute atomic E-state index is 13.2. The number of hydrogen-bond donors (Lipinski definition) is 1. The summed E-state index contributed by atoms with van der Waals surface area (Å²) in [6.45, 7) is 11.7. The van der Waals surface area contributed by atoms with Crippen LogP contribution in [0.5, 0.6) is 0 Å². The first-order valence-corrected chi connectivity index (χ1v) is 15.7. The fourth-order valence-electron chi connectivity index (χ4n) is 3.30. The molecule has 0 saturated carbocycles. The summed E-state index contributed by atoms with van der Waals surface area (Å²) >= 11 is 7.81. The molecule has 1 N–H and O–H groups in total. The number of benzene rings is 2. The van der Waals surface area contributed by atoms with Crippen LogP contribution in [0.25, 0.3) is 22.4 Å². The second-order valence-electron chi connectivity index (χ2n) is 9.69. The number of carbonyl (C=O) groups excluding carboxylic acids is 1. The maximum atomic E-state index is 13.2. The van der Waals surface area contributed by atoms with Crippen LogP contribution in [0.1, 0.15) is 44.1 Å². The third-order valence-corrected chi connectivity index (χ3v) is 11.9. The molecule has 0 atom stereocenters. The number of rotatable bonds is 9. The lowest BCUT2D eigenvalue weighted by molar-refractivity contribution is 0.0968. The average molecular weight is 501 g/mol. The zero-order valence-corrected chi connectivity index (χ0v) is 22.9. The Morgan fingerprint density at radius 1 is 1.06 bits per heavy atom. The summed E-state index contributed by atoms with van der Waals surface area (Å²) in [6.07, 6.45) is 3.14. The van der Waals surface area contributed by atoms with Gasteiger partial charge in [0.1, 0.15) is 11.4 Å². The summed E-state index contributed by atoms with van der Waals surface area (Å²) in [5.74, 6) is 0.0401. The number of H-pyrrole nitrogens is 1. The van der Waals surface area contributed by atoms with Crippen molar-refractivity contribution >= 4 is 37.5 Å². The Morgan fingerprint density at radius 3 is 2.24 bits per heavy atom. The fraction of sp³-hybridized carbons (Fsp3) is 0.385. The highest BCUT2D eigenvalue weighted by molar-refractivity contribution is 7.98. The molecule has 7 heteroatoms. The van der Waals surface area contributed by atoms with Gasteiger partial charge in [0.25, 0.3) is 0 Å². The van der Waals surface area contributed by atoms with Gasteiger partial charge in [-0.15, -0.1) is 11.8 Å². The van der Waals surface area contributed by atoms with Crippen molar-refractivity contribution in [2.24, 2.45) is 0 Å². The maximum Gasteiger partial charge on any atom is 0.191 e. The molecular formula is C26H33ClN2O2SSi. The number of thioether (sulfide) groups is 1. The number of aromatic amines is 1. The number of halogens is 1. The summed E-state index contributed by atoms with van der Waals surface area (Å²) in [6, 6.07) is 15.8. The van der Waals surface area contributed by atoms with E-state index in [1.807, 2.05) is 42.7 Å². The molecule has 0 amide bonds. The molecule has 3 aromatic rings. The van der Waals surface area contributed by atoms with E-state index in [1.165, 1.54) is 4.90 Å². The van der Waals surface area contributed by atoms with Crippen molar-refractivity contribution in [3.05, 3.63) is 59.2 Å². The zero-order chi connectivity index (χ0) is 24.2. The third-order valence-electron chi connectivity index (χ3n) is 6.36. The van der Waals surface area contributed by atoms with Crippen LogP contribution in [0.3, 0.4) is 0 Å². The normalized spacial score (nSPS) is 12.2. The molecule has 176 valence electrons. The Balaban J connectivity index is 1.84. The van der Waals surface area contributed by atoms with Crippen LogP contribution in [-0.2, 0) is 4.43 Å². The van der Waals surface area contributed by atoms with Gasteiger partial charge in [-0.05, 0) is 60.6 Å². The van der Waals surface area contributed by atoms with Gasteiger partial charge in [0.2, 0.25) is 0 Å². The monoisotopic (exact) mass is 500 g/mol.